The number of hydrogen-bond acceptors (Lipinski definition) is 6. The van der Waals surface area contributed by atoms with E-state index in [1.54, 1.807) is 12.1 Å². The molecule has 156 valence electrons. The molecule has 1 amide bonds. The average Bonchev–Trinajstić information content (AvgIpc) is 3.51. The van der Waals surface area contributed by atoms with Crippen molar-refractivity contribution in [1.82, 2.24) is 14.8 Å². The van der Waals surface area contributed by atoms with Crippen molar-refractivity contribution in [3.8, 4) is 5.69 Å². The molecule has 7 nitrogen and oxygen atoms in total. The van der Waals surface area contributed by atoms with E-state index < -0.39 is 5.63 Å². The van der Waals surface area contributed by atoms with E-state index >= 15 is 0 Å². The van der Waals surface area contributed by atoms with Crippen molar-refractivity contribution < 1.29 is 9.21 Å². The summed E-state index contributed by atoms with van der Waals surface area (Å²) in [6, 6.07) is 16.8. The maximum absolute atomic E-state index is 12.1. The van der Waals surface area contributed by atoms with E-state index in [0.717, 1.165) is 35.3 Å². The minimum Gasteiger partial charge on any atom is -0.423 e. The van der Waals surface area contributed by atoms with E-state index in [1.165, 1.54) is 24.8 Å². The molecule has 0 saturated heterocycles. The van der Waals surface area contributed by atoms with Gasteiger partial charge in [0, 0.05) is 41.8 Å². The monoisotopic (exact) mass is 432 g/mol. The number of amides is 1. The number of aromatic nitrogens is 3. The minimum atomic E-state index is -0.426. The van der Waals surface area contributed by atoms with Crippen LogP contribution in [-0.2, 0) is 10.5 Å². The zero-order valence-corrected chi connectivity index (χ0v) is 17.7. The Morgan fingerprint density at radius 1 is 1.19 bits per heavy atom. The van der Waals surface area contributed by atoms with Crippen LogP contribution < -0.4 is 10.9 Å². The van der Waals surface area contributed by atoms with Crippen LogP contribution in [0, 0.1) is 0 Å². The molecular weight excluding hydrogens is 412 g/mol. The standard InChI is InChI=1S/C23H20N4O3S/c1-14(28)24-17-9-10-19-16(11-21(29)30-20(19)12-17)13-31-23-25-22(15-7-8-15)27(26-23)18-5-3-2-4-6-18/h2-6,9-12,15H,7-8,13H2,1H3,(H,24,28). The van der Waals surface area contributed by atoms with E-state index in [-0.39, 0.29) is 5.91 Å². The zero-order valence-electron chi connectivity index (χ0n) is 16.9. The molecule has 31 heavy (non-hydrogen) atoms. The van der Waals surface area contributed by atoms with Gasteiger partial charge < -0.3 is 9.73 Å². The zero-order chi connectivity index (χ0) is 21.4. The normalized spacial score (nSPS) is 13.5. The Balaban J connectivity index is 1.43. The number of carbonyl (C=O) groups is 1. The van der Waals surface area contributed by atoms with E-state index in [4.69, 9.17) is 14.5 Å². The Hall–Kier alpha value is -3.39. The highest BCUT2D eigenvalue weighted by Gasteiger charge is 2.30. The molecule has 0 aliphatic heterocycles. The van der Waals surface area contributed by atoms with Gasteiger partial charge in [-0.3, -0.25) is 4.79 Å². The molecule has 0 unspecified atom stereocenters. The number of anilines is 1. The number of rotatable bonds is 6. The molecule has 8 heteroatoms. The molecule has 1 aliphatic rings. The van der Waals surface area contributed by atoms with Gasteiger partial charge in [0.2, 0.25) is 11.1 Å². The lowest BCUT2D eigenvalue weighted by molar-refractivity contribution is -0.114. The maximum Gasteiger partial charge on any atom is 0.336 e. The molecule has 2 aromatic carbocycles. The molecule has 0 radical (unpaired) electrons. The predicted molar refractivity (Wildman–Crippen MR) is 120 cm³/mol. The van der Waals surface area contributed by atoms with Crippen LogP contribution in [0.5, 0.6) is 0 Å². The summed E-state index contributed by atoms with van der Waals surface area (Å²) < 4.78 is 7.27. The average molecular weight is 433 g/mol. The number of benzene rings is 2. The van der Waals surface area contributed by atoms with Crippen molar-refractivity contribution in [3.05, 3.63) is 76.4 Å². The van der Waals surface area contributed by atoms with E-state index in [0.29, 0.717) is 28.1 Å². The first kappa shape index (κ1) is 19.6. The fraction of sp³-hybridized carbons (Fsp3) is 0.217. The fourth-order valence-corrected chi connectivity index (χ4v) is 4.32. The van der Waals surface area contributed by atoms with Gasteiger partial charge in [-0.25, -0.2) is 14.5 Å². The lowest BCUT2D eigenvalue weighted by atomic mass is 10.1. The Bertz CT molecular complexity index is 1330. The molecule has 0 bridgehead atoms. The molecule has 1 saturated carbocycles. The Labute approximate surface area is 182 Å². The third kappa shape index (κ3) is 4.25. The Morgan fingerprint density at radius 2 is 2.00 bits per heavy atom. The molecule has 4 aromatic rings. The van der Waals surface area contributed by atoms with Crippen molar-refractivity contribution in [3.63, 3.8) is 0 Å². The third-order valence-electron chi connectivity index (χ3n) is 5.06. The van der Waals surface area contributed by atoms with Crippen LogP contribution in [0.2, 0.25) is 0 Å². The summed E-state index contributed by atoms with van der Waals surface area (Å²) in [5.74, 6) is 1.80. The fourth-order valence-electron chi connectivity index (χ4n) is 3.50. The van der Waals surface area contributed by atoms with Gasteiger partial charge in [0.1, 0.15) is 11.4 Å². The van der Waals surface area contributed by atoms with Crippen molar-refractivity contribution in [2.45, 2.75) is 36.6 Å². The van der Waals surface area contributed by atoms with Crippen LogP contribution in [0.4, 0.5) is 5.69 Å². The topological polar surface area (TPSA) is 90.0 Å². The van der Waals surface area contributed by atoms with Crippen LogP contribution in [0.3, 0.4) is 0 Å². The number of nitrogens with one attached hydrogen (secondary N) is 1. The summed E-state index contributed by atoms with van der Waals surface area (Å²) in [4.78, 5) is 28.2. The van der Waals surface area contributed by atoms with Gasteiger partial charge in [0.25, 0.3) is 0 Å². The number of hydrogen-bond donors (Lipinski definition) is 1. The van der Waals surface area contributed by atoms with Crippen LogP contribution in [0.25, 0.3) is 16.7 Å². The molecular formula is C23H20N4O3S. The SMILES string of the molecule is CC(=O)Nc1ccc2c(CSc3nc(C4CC4)n(-c4ccccc4)n3)cc(=O)oc2c1. The number of fused-ring (bicyclic) bond motifs is 1. The van der Waals surface area contributed by atoms with Gasteiger partial charge in [0.05, 0.1) is 5.69 Å². The molecule has 2 heterocycles. The van der Waals surface area contributed by atoms with Crippen molar-refractivity contribution in [2.75, 3.05) is 5.32 Å². The first-order chi connectivity index (χ1) is 15.1. The van der Waals surface area contributed by atoms with Gasteiger partial charge in [0.15, 0.2) is 0 Å². The number of nitrogens with zero attached hydrogens (tertiary/aromatic N) is 3. The van der Waals surface area contributed by atoms with Crippen molar-refractivity contribution >= 4 is 34.3 Å². The molecule has 1 aliphatic carbocycles. The number of para-hydroxylation sites is 1. The maximum atomic E-state index is 12.1. The quantitative estimate of drug-likeness (QED) is 0.356. The third-order valence-corrected chi connectivity index (χ3v) is 5.95. The molecule has 1 N–H and O–H groups in total. The van der Waals surface area contributed by atoms with Crippen molar-refractivity contribution in [1.29, 1.82) is 0 Å². The summed E-state index contributed by atoms with van der Waals surface area (Å²) in [5.41, 5.74) is 2.44. The van der Waals surface area contributed by atoms with E-state index in [2.05, 4.69) is 5.32 Å². The second kappa shape index (κ2) is 8.03. The largest absolute Gasteiger partial charge is 0.423 e. The summed E-state index contributed by atoms with van der Waals surface area (Å²) in [6.07, 6.45) is 2.27. The molecule has 0 spiro atoms. The summed E-state index contributed by atoms with van der Waals surface area (Å²) >= 11 is 1.49. The first-order valence-electron chi connectivity index (χ1n) is 10.1. The van der Waals surface area contributed by atoms with Gasteiger partial charge in [-0.1, -0.05) is 30.0 Å². The van der Waals surface area contributed by atoms with E-state index in [9.17, 15) is 9.59 Å². The molecule has 2 aromatic heterocycles. The predicted octanol–water partition coefficient (Wildman–Crippen LogP) is 4.50. The van der Waals surface area contributed by atoms with Crippen LogP contribution >= 0.6 is 11.8 Å². The minimum absolute atomic E-state index is 0.181. The van der Waals surface area contributed by atoms with Gasteiger partial charge in [-0.05, 0) is 42.7 Å². The lowest BCUT2D eigenvalue weighted by Gasteiger charge is -2.07. The molecule has 0 atom stereocenters. The lowest BCUT2D eigenvalue weighted by Crippen LogP contribution is -2.06. The molecule has 5 rings (SSSR count). The van der Waals surface area contributed by atoms with E-state index in [1.807, 2.05) is 41.1 Å². The van der Waals surface area contributed by atoms with Crippen molar-refractivity contribution in [2.24, 2.45) is 0 Å². The van der Waals surface area contributed by atoms with Gasteiger partial charge in [-0.15, -0.1) is 5.10 Å². The highest BCUT2D eigenvalue weighted by Crippen LogP contribution is 2.40. The second-order valence-corrected chi connectivity index (χ2v) is 8.49. The van der Waals surface area contributed by atoms with Crippen LogP contribution in [-0.4, -0.2) is 20.7 Å². The molecule has 1 fully saturated rings. The Morgan fingerprint density at radius 3 is 2.74 bits per heavy atom. The van der Waals surface area contributed by atoms with Crippen LogP contribution in [0.1, 0.15) is 37.1 Å². The highest BCUT2D eigenvalue weighted by molar-refractivity contribution is 7.98. The number of carbonyl (C=O) groups excluding carboxylic acids is 1. The number of thioether (sulfide) groups is 1. The highest BCUT2D eigenvalue weighted by atomic mass is 32.2. The summed E-state index contributed by atoms with van der Waals surface area (Å²) in [7, 11) is 0. The smallest absolute Gasteiger partial charge is 0.336 e. The van der Waals surface area contributed by atoms with Gasteiger partial charge in [-0.2, -0.15) is 0 Å². The summed E-state index contributed by atoms with van der Waals surface area (Å²) in [6.45, 7) is 1.44. The first-order valence-corrected chi connectivity index (χ1v) is 11.0. The Kier molecular flexibility index (Phi) is 5.07. The summed E-state index contributed by atoms with van der Waals surface area (Å²) in [5, 5.41) is 8.94. The van der Waals surface area contributed by atoms with Gasteiger partial charge >= 0.3 is 5.63 Å². The second-order valence-electron chi connectivity index (χ2n) is 7.55. The van der Waals surface area contributed by atoms with Crippen LogP contribution in [0.15, 0.2) is 69.0 Å².